The predicted octanol–water partition coefficient (Wildman–Crippen LogP) is 15.9. The largest absolute Gasteiger partial charge is 0.310 e. The van der Waals surface area contributed by atoms with E-state index in [1.54, 1.807) is 11.1 Å². The number of fused-ring (bicyclic) bond motifs is 7. The van der Waals surface area contributed by atoms with Crippen molar-refractivity contribution in [3.63, 3.8) is 0 Å². The first-order valence-corrected chi connectivity index (χ1v) is 22.4. The first-order chi connectivity index (χ1) is 29.4. The maximum absolute atomic E-state index is 2.58. The molecule has 5 aliphatic rings. The highest BCUT2D eigenvalue weighted by atomic mass is 15.2. The zero-order chi connectivity index (χ0) is 40.3. The van der Waals surface area contributed by atoms with Crippen LogP contribution >= 0.6 is 0 Å². The summed E-state index contributed by atoms with van der Waals surface area (Å²) >= 11 is 0. The molecule has 0 aromatic heterocycles. The first-order valence-electron chi connectivity index (χ1n) is 22.4. The minimum atomic E-state index is -0.0410. The lowest BCUT2D eigenvalue weighted by molar-refractivity contribution is -0.0388. The van der Waals surface area contributed by atoms with E-state index in [9.17, 15) is 0 Å². The maximum atomic E-state index is 2.58. The van der Waals surface area contributed by atoms with E-state index < -0.39 is 0 Å². The molecule has 0 unspecified atom stereocenters. The van der Waals surface area contributed by atoms with Crippen LogP contribution in [0.4, 0.5) is 34.1 Å². The summed E-state index contributed by atoms with van der Waals surface area (Å²) in [4.78, 5) is 5.03. The van der Waals surface area contributed by atoms with Crippen LogP contribution in [0.5, 0.6) is 0 Å². The Kier molecular flexibility index (Phi) is 8.02. The summed E-state index contributed by atoms with van der Waals surface area (Å²) in [6.45, 7) is 8.99. The summed E-state index contributed by atoms with van der Waals surface area (Å²) in [5, 5.41) is 5.57. The van der Waals surface area contributed by atoms with Gasteiger partial charge in [-0.1, -0.05) is 109 Å². The van der Waals surface area contributed by atoms with Crippen LogP contribution in [0, 0.1) is 51.4 Å². The van der Waals surface area contributed by atoms with E-state index >= 15 is 0 Å². The fraction of sp³-hybridized carbons (Fsp3) is 0.241. The molecule has 2 nitrogen and oxygen atoms in total. The van der Waals surface area contributed by atoms with E-state index in [4.69, 9.17) is 0 Å². The highest BCUT2D eigenvalue weighted by Crippen LogP contribution is 2.71. The van der Waals surface area contributed by atoms with Crippen molar-refractivity contribution in [1.82, 2.24) is 0 Å². The van der Waals surface area contributed by atoms with Gasteiger partial charge < -0.3 is 9.80 Å². The smallest absolute Gasteiger partial charge is 0.0490 e. The molecule has 8 aromatic carbocycles. The fourth-order valence-electron chi connectivity index (χ4n) is 13.2. The molecule has 4 fully saturated rings. The molecule has 0 aliphatic heterocycles. The molecule has 4 saturated carbocycles. The van der Waals surface area contributed by atoms with Gasteiger partial charge in [-0.05, 0) is 198 Å². The Bertz CT molecular complexity index is 2720. The zero-order valence-electron chi connectivity index (χ0n) is 35.3. The van der Waals surface area contributed by atoms with E-state index in [2.05, 4.69) is 195 Å². The predicted molar refractivity (Wildman–Crippen MR) is 253 cm³/mol. The average Bonchev–Trinajstić information content (AvgIpc) is 3.57. The van der Waals surface area contributed by atoms with E-state index in [0.29, 0.717) is 11.8 Å². The Balaban J connectivity index is 1.13. The molecule has 1 spiro atoms. The van der Waals surface area contributed by atoms with E-state index in [1.165, 1.54) is 121 Å². The normalized spacial score (nSPS) is 20.5. The summed E-state index contributed by atoms with van der Waals surface area (Å²) in [7, 11) is 0. The second kappa shape index (κ2) is 13.4. The molecule has 0 atom stereocenters. The molecule has 0 saturated heterocycles. The number of benzene rings is 8. The van der Waals surface area contributed by atoms with Gasteiger partial charge >= 0.3 is 0 Å². The van der Waals surface area contributed by atoms with Crippen molar-refractivity contribution >= 4 is 55.7 Å². The van der Waals surface area contributed by atoms with Gasteiger partial charge in [0.25, 0.3) is 0 Å². The van der Waals surface area contributed by atoms with Crippen LogP contribution in [0.15, 0.2) is 158 Å². The highest BCUT2D eigenvalue weighted by Gasteiger charge is 2.62. The average molecular weight is 777 g/mol. The van der Waals surface area contributed by atoms with Gasteiger partial charge in [0.15, 0.2) is 0 Å². The SMILES string of the molecule is Cc1ccccc1N(c1ccc2ccc3c(c2c1)C1(c2c-3ccc3ccc(N(c4ccccc4C)c4ccccc4C)cc23)C2CC3CC(C2)CC1C3)c1ccccc1C. The maximum Gasteiger partial charge on any atom is 0.0490 e. The van der Waals surface area contributed by atoms with Gasteiger partial charge in [-0.25, -0.2) is 0 Å². The minimum Gasteiger partial charge on any atom is -0.310 e. The van der Waals surface area contributed by atoms with Crippen molar-refractivity contribution in [3.05, 3.63) is 191 Å². The highest BCUT2D eigenvalue weighted by molar-refractivity contribution is 6.06. The Morgan fingerprint density at radius 1 is 0.383 bits per heavy atom. The van der Waals surface area contributed by atoms with Gasteiger partial charge in [0.05, 0.1) is 0 Å². The summed E-state index contributed by atoms with van der Waals surface area (Å²) in [6, 6.07) is 60.1. The minimum absolute atomic E-state index is 0.0410. The molecule has 2 heteroatoms. The van der Waals surface area contributed by atoms with Crippen LogP contribution in [-0.2, 0) is 5.41 Å². The lowest BCUT2D eigenvalue weighted by Crippen LogP contribution is -2.55. The molecule has 0 radical (unpaired) electrons. The second-order valence-electron chi connectivity index (χ2n) is 18.8. The number of hydrogen-bond acceptors (Lipinski definition) is 2. The molecular formula is C58H52N2. The van der Waals surface area contributed by atoms with Gasteiger partial charge in [-0.15, -0.1) is 0 Å². The van der Waals surface area contributed by atoms with Gasteiger partial charge in [0.1, 0.15) is 0 Å². The molecule has 60 heavy (non-hydrogen) atoms. The van der Waals surface area contributed by atoms with Crippen LogP contribution < -0.4 is 9.80 Å². The van der Waals surface area contributed by atoms with E-state index in [-0.39, 0.29) is 5.41 Å². The lowest BCUT2D eigenvalue weighted by atomic mass is 9.42. The monoisotopic (exact) mass is 776 g/mol. The zero-order valence-corrected chi connectivity index (χ0v) is 35.3. The molecule has 0 heterocycles. The summed E-state index contributed by atoms with van der Waals surface area (Å²) in [5.74, 6) is 2.98. The van der Waals surface area contributed by atoms with Crippen LogP contribution in [0.25, 0.3) is 32.7 Å². The Labute approximate surface area is 355 Å². The molecular weight excluding hydrogens is 725 g/mol. The third-order valence-corrected chi connectivity index (χ3v) is 15.5. The molecule has 13 rings (SSSR count). The van der Waals surface area contributed by atoms with Crippen molar-refractivity contribution in [2.24, 2.45) is 23.7 Å². The third-order valence-electron chi connectivity index (χ3n) is 15.5. The summed E-state index contributed by atoms with van der Waals surface area (Å²) in [6.07, 6.45) is 6.81. The lowest BCUT2D eigenvalue weighted by Gasteiger charge is -2.61. The number of para-hydroxylation sites is 4. The molecule has 294 valence electrons. The van der Waals surface area contributed by atoms with Gasteiger partial charge in [-0.3, -0.25) is 0 Å². The van der Waals surface area contributed by atoms with Crippen LogP contribution in [0.1, 0.15) is 65.5 Å². The molecule has 5 aliphatic carbocycles. The molecule has 0 N–H and O–H groups in total. The van der Waals surface area contributed by atoms with Crippen molar-refractivity contribution in [2.45, 2.75) is 65.2 Å². The van der Waals surface area contributed by atoms with Crippen molar-refractivity contribution in [2.75, 3.05) is 9.80 Å². The van der Waals surface area contributed by atoms with Gasteiger partial charge in [0.2, 0.25) is 0 Å². The van der Waals surface area contributed by atoms with E-state index in [1.807, 2.05) is 0 Å². The molecule has 4 bridgehead atoms. The Morgan fingerprint density at radius 2 is 0.717 bits per heavy atom. The summed E-state index contributed by atoms with van der Waals surface area (Å²) in [5.41, 5.74) is 18.6. The van der Waals surface area contributed by atoms with Gasteiger partial charge in [-0.2, -0.15) is 0 Å². The number of aryl methyl sites for hydroxylation is 4. The number of rotatable bonds is 6. The Morgan fingerprint density at radius 3 is 1.07 bits per heavy atom. The van der Waals surface area contributed by atoms with Crippen LogP contribution in [-0.4, -0.2) is 0 Å². The van der Waals surface area contributed by atoms with Crippen molar-refractivity contribution < 1.29 is 0 Å². The Hall–Kier alpha value is -6.12. The van der Waals surface area contributed by atoms with Crippen LogP contribution in [0.3, 0.4) is 0 Å². The molecule has 8 aromatic rings. The second-order valence-corrected chi connectivity index (χ2v) is 18.8. The summed E-state index contributed by atoms with van der Waals surface area (Å²) < 4.78 is 0. The van der Waals surface area contributed by atoms with Crippen molar-refractivity contribution in [3.8, 4) is 11.1 Å². The molecule has 0 amide bonds. The van der Waals surface area contributed by atoms with Crippen LogP contribution in [0.2, 0.25) is 0 Å². The number of nitrogens with zero attached hydrogens (tertiary/aromatic N) is 2. The van der Waals surface area contributed by atoms with E-state index in [0.717, 1.165) is 11.8 Å². The van der Waals surface area contributed by atoms with Gasteiger partial charge in [0, 0.05) is 39.5 Å². The first kappa shape index (κ1) is 35.8. The fourth-order valence-corrected chi connectivity index (χ4v) is 13.2. The third kappa shape index (κ3) is 5.13. The standard InChI is InChI=1S/C58H52N2/c1-36-13-5-9-17-52(36)59(53-18-10-6-14-37(53)2)46-25-21-42-23-27-48-49-28-24-43-22-26-47(60(54-19-11-7-15-38(54)3)55-20-12-8-16-39(55)4)35-51(43)57(49)58(56(48)50(42)34-46)44-30-40-29-41(32-44)33-45(58)31-40/h5-28,34-35,40-41,44-45H,29-33H2,1-4H3. The quantitative estimate of drug-likeness (QED) is 0.166. The van der Waals surface area contributed by atoms with Crippen molar-refractivity contribution in [1.29, 1.82) is 0 Å². The topological polar surface area (TPSA) is 6.48 Å². The number of hydrogen-bond donors (Lipinski definition) is 0. The number of anilines is 6.